The van der Waals surface area contributed by atoms with Crippen LogP contribution in [0.15, 0.2) is 0 Å². The monoisotopic (exact) mass is 272 g/mol. The van der Waals surface area contributed by atoms with Gasteiger partial charge in [0, 0.05) is 26.2 Å². The van der Waals surface area contributed by atoms with E-state index in [1.165, 1.54) is 0 Å². The number of nitrogens with zero attached hydrogens (tertiary/aromatic N) is 1. The van der Waals surface area contributed by atoms with Gasteiger partial charge in [-0.3, -0.25) is 4.79 Å². The molecule has 2 N–H and O–H groups in total. The lowest BCUT2D eigenvalue weighted by molar-refractivity contribution is -0.149. The Hall–Kier alpha value is -1.30. The molecule has 2 amide bonds. The van der Waals surface area contributed by atoms with Crippen molar-refractivity contribution in [1.82, 2.24) is 10.2 Å². The van der Waals surface area contributed by atoms with Gasteiger partial charge in [0.05, 0.1) is 12.0 Å². The first-order valence-corrected chi connectivity index (χ1v) is 6.89. The fraction of sp³-hybridized carbons (Fsp3) is 0.846. The summed E-state index contributed by atoms with van der Waals surface area (Å²) in [6, 6.07) is -0.196. The number of hydrogen-bond acceptors (Lipinski definition) is 3. The van der Waals surface area contributed by atoms with Crippen LogP contribution in [0.25, 0.3) is 0 Å². The van der Waals surface area contributed by atoms with E-state index < -0.39 is 11.4 Å². The predicted octanol–water partition coefficient (Wildman–Crippen LogP) is 1.31. The minimum absolute atomic E-state index is 0.172. The first-order valence-electron chi connectivity index (χ1n) is 6.89. The van der Waals surface area contributed by atoms with Crippen LogP contribution >= 0.6 is 0 Å². The van der Waals surface area contributed by atoms with Crippen LogP contribution in [0.2, 0.25) is 0 Å². The lowest BCUT2D eigenvalue weighted by Gasteiger charge is -2.28. The normalized spacial score (nSPS) is 16.8. The predicted molar refractivity (Wildman–Crippen MR) is 71.1 cm³/mol. The van der Waals surface area contributed by atoms with Crippen molar-refractivity contribution in [1.29, 1.82) is 0 Å². The molecule has 0 radical (unpaired) electrons. The number of rotatable bonds is 5. The summed E-state index contributed by atoms with van der Waals surface area (Å²) < 4.78 is 5.29. The van der Waals surface area contributed by atoms with Crippen LogP contribution in [0.4, 0.5) is 4.79 Å². The Morgan fingerprint density at radius 1 is 1.26 bits per heavy atom. The molecule has 1 aliphatic rings. The standard InChI is InChI=1S/C13H24N2O4/c1-3-13(4-2,11(16)17)10-14-12(18)15-6-5-8-19-9-7-15/h3-10H2,1-2H3,(H,14,18)(H,16,17). The van der Waals surface area contributed by atoms with E-state index in [1.807, 2.05) is 13.8 Å². The van der Waals surface area contributed by atoms with Gasteiger partial charge in [0.15, 0.2) is 0 Å². The Labute approximate surface area is 114 Å². The Kier molecular flexibility index (Phi) is 6.08. The second kappa shape index (κ2) is 7.33. The Bertz CT molecular complexity index is 308. The maximum atomic E-state index is 12.0. The zero-order chi connectivity index (χ0) is 14.3. The van der Waals surface area contributed by atoms with Gasteiger partial charge >= 0.3 is 12.0 Å². The van der Waals surface area contributed by atoms with Crippen LogP contribution in [-0.4, -0.2) is 54.9 Å². The van der Waals surface area contributed by atoms with E-state index in [0.717, 1.165) is 6.42 Å². The van der Waals surface area contributed by atoms with E-state index in [2.05, 4.69) is 5.32 Å². The lowest BCUT2D eigenvalue weighted by atomic mass is 9.82. The van der Waals surface area contributed by atoms with Gasteiger partial charge in [-0.15, -0.1) is 0 Å². The number of ether oxygens (including phenoxy) is 1. The molecule has 110 valence electrons. The summed E-state index contributed by atoms with van der Waals surface area (Å²) in [6.07, 6.45) is 1.82. The van der Waals surface area contributed by atoms with Crippen molar-refractivity contribution in [2.75, 3.05) is 32.8 Å². The molecule has 1 aliphatic heterocycles. The SMILES string of the molecule is CCC(CC)(CNC(=O)N1CCCOCC1)C(=O)O. The molecule has 0 spiro atoms. The van der Waals surface area contributed by atoms with Gasteiger partial charge in [-0.25, -0.2) is 4.79 Å². The topological polar surface area (TPSA) is 78.9 Å². The summed E-state index contributed by atoms with van der Waals surface area (Å²) in [5.41, 5.74) is -0.863. The number of carboxylic acids is 1. The molecule has 6 heteroatoms. The largest absolute Gasteiger partial charge is 0.481 e. The van der Waals surface area contributed by atoms with E-state index >= 15 is 0 Å². The molecule has 1 saturated heterocycles. The maximum absolute atomic E-state index is 12.0. The average molecular weight is 272 g/mol. The minimum Gasteiger partial charge on any atom is -0.481 e. The van der Waals surface area contributed by atoms with Crippen molar-refractivity contribution in [2.45, 2.75) is 33.1 Å². The highest BCUT2D eigenvalue weighted by atomic mass is 16.5. The molecular formula is C13H24N2O4. The number of nitrogens with one attached hydrogen (secondary N) is 1. The Balaban J connectivity index is 2.53. The highest BCUT2D eigenvalue weighted by Crippen LogP contribution is 2.25. The molecule has 0 aromatic rings. The Morgan fingerprint density at radius 2 is 1.95 bits per heavy atom. The van der Waals surface area contributed by atoms with E-state index in [9.17, 15) is 14.7 Å². The summed E-state index contributed by atoms with van der Waals surface area (Å²) in [4.78, 5) is 25.0. The van der Waals surface area contributed by atoms with Gasteiger partial charge in [0.2, 0.25) is 0 Å². The van der Waals surface area contributed by atoms with E-state index in [0.29, 0.717) is 39.1 Å². The fourth-order valence-electron chi connectivity index (χ4n) is 2.18. The molecule has 0 bridgehead atoms. The minimum atomic E-state index is -0.863. The molecule has 0 atom stereocenters. The fourth-order valence-corrected chi connectivity index (χ4v) is 2.18. The van der Waals surface area contributed by atoms with Crippen LogP contribution in [0, 0.1) is 5.41 Å². The molecule has 0 aromatic carbocycles. The molecule has 0 aliphatic carbocycles. The zero-order valence-electron chi connectivity index (χ0n) is 11.8. The quantitative estimate of drug-likeness (QED) is 0.791. The van der Waals surface area contributed by atoms with Gasteiger partial charge in [-0.05, 0) is 19.3 Å². The molecule has 1 rings (SSSR count). The highest BCUT2D eigenvalue weighted by molar-refractivity contribution is 5.78. The zero-order valence-corrected chi connectivity index (χ0v) is 11.8. The smallest absolute Gasteiger partial charge is 0.317 e. The first-order chi connectivity index (χ1) is 9.05. The number of carbonyl (C=O) groups is 2. The molecule has 0 aromatic heterocycles. The molecule has 6 nitrogen and oxygen atoms in total. The van der Waals surface area contributed by atoms with Crippen LogP contribution in [-0.2, 0) is 9.53 Å². The second-order valence-corrected chi connectivity index (χ2v) is 4.90. The third kappa shape index (κ3) is 4.09. The summed E-state index contributed by atoms with van der Waals surface area (Å²) in [5, 5.41) is 12.1. The number of carbonyl (C=O) groups excluding carboxylic acids is 1. The number of aliphatic carboxylic acids is 1. The molecular weight excluding hydrogens is 248 g/mol. The van der Waals surface area contributed by atoms with Crippen LogP contribution in [0.3, 0.4) is 0 Å². The average Bonchev–Trinajstić information content (AvgIpc) is 2.68. The van der Waals surface area contributed by atoms with Crippen molar-refractivity contribution in [2.24, 2.45) is 5.41 Å². The summed E-state index contributed by atoms with van der Waals surface area (Å²) in [5.74, 6) is -0.850. The Morgan fingerprint density at radius 3 is 2.53 bits per heavy atom. The number of amides is 2. The molecule has 0 unspecified atom stereocenters. The molecule has 19 heavy (non-hydrogen) atoms. The molecule has 1 heterocycles. The maximum Gasteiger partial charge on any atom is 0.317 e. The summed E-state index contributed by atoms with van der Waals surface area (Å²) >= 11 is 0. The van der Waals surface area contributed by atoms with Crippen molar-refractivity contribution in [3.63, 3.8) is 0 Å². The van der Waals surface area contributed by atoms with Crippen LogP contribution < -0.4 is 5.32 Å². The van der Waals surface area contributed by atoms with E-state index in [4.69, 9.17) is 4.74 Å². The van der Waals surface area contributed by atoms with Crippen molar-refractivity contribution in [3.05, 3.63) is 0 Å². The third-order valence-corrected chi connectivity index (χ3v) is 3.89. The number of urea groups is 1. The first kappa shape index (κ1) is 15.8. The van der Waals surface area contributed by atoms with E-state index in [1.54, 1.807) is 4.90 Å². The van der Waals surface area contributed by atoms with Crippen molar-refractivity contribution >= 4 is 12.0 Å². The summed E-state index contributed by atoms with van der Waals surface area (Å²) in [6.45, 7) is 6.28. The van der Waals surface area contributed by atoms with Gasteiger partial charge in [-0.1, -0.05) is 13.8 Å². The van der Waals surface area contributed by atoms with Crippen molar-refractivity contribution in [3.8, 4) is 0 Å². The highest BCUT2D eigenvalue weighted by Gasteiger charge is 2.35. The van der Waals surface area contributed by atoms with Crippen LogP contribution in [0.5, 0.6) is 0 Å². The van der Waals surface area contributed by atoms with Crippen molar-refractivity contribution < 1.29 is 19.4 Å². The van der Waals surface area contributed by atoms with Gasteiger partial charge in [-0.2, -0.15) is 0 Å². The van der Waals surface area contributed by atoms with E-state index in [-0.39, 0.29) is 12.6 Å². The third-order valence-electron chi connectivity index (χ3n) is 3.89. The van der Waals surface area contributed by atoms with Crippen LogP contribution in [0.1, 0.15) is 33.1 Å². The molecule has 0 saturated carbocycles. The second-order valence-electron chi connectivity index (χ2n) is 4.90. The number of hydrogen-bond donors (Lipinski definition) is 2. The van der Waals surface area contributed by atoms with Gasteiger partial charge in [0.25, 0.3) is 0 Å². The lowest BCUT2D eigenvalue weighted by Crippen LogP contribution is -2.48. The van der Waals surface area contributed by atoms with Gasteiger partial charge < -0.3 is 20.1 Å². The summed E-state index contributed by atoms with van der Waals surface area (Å²) in [7, 11) is 0. The number of carboxylic acid groups (broad SMARTS) is 1. The van der Waals surface area contributed by atoms with Gasteiger partial charge in [0.1, 0.15) is 0 Å². The molecule has 1 fully saturated rings.